The van der Waals surface area contributed by atoms with E-state index in [0.717, 1.165) is 22.8 Å². The van der Waals surface area contributed by atoms with Gasteiger partial charge in [0.05, 0.1) is 32.1 Å². The van der Waals surface area contributed by atoms with Crippen LogP contribution in [0.2, 0.25) is 0 Å². The average Bonchev–Trinajstić information content (AvgIpc) is 3.54. The van der Waals surface area contributed by atoms with Gasteiger partial charge in [-0.3, -0.25) is 10.1 Å². The van der Waals surface area contributed by atoms with Crippen molar-refractivity contribution >= 4 is 40.0 Å². The molecular weight excluding hydrogens is 548 g/mol. The number of aliphatic hydroxyl groups excluding tert-OH is 1. The Bertz CT molecular complexity index is 1530. The maximum absolute atomic E-state index is 13.2. The van der Waals surface area contributed by atoms with Crippen LogP contribution in [0.1, 0.15) is 10.6 Å². The highest BCUT2D eigenvalue weighted by Gasteiger charge is 2.29. The third kappa shape index (κ3) is 5.41. The Morgan fingerprint density at radius 1 is 1.26 bits per heavy atom. The van der Waals surface area contributed by atoms with Crippen molar-refractivity contribution in [2.45, 2.75) is 6.10 Å². The van der Waals surface area contributed by atoms with E-state index in [1.807, 2.05) is 0 Å². The summed E-state index contributed by atoms with van der Waals surface area (Å²) < 4.78 is 23.5. The largest absolute Gasteiger partial charge is 0.496 e. The molecule has 1 aromatic carbocycles. The second-order valence-corrected chi connectivity index (χ2v) is 10.4. The molecule has 1 saturated heterocycles. The van der Waals surface area contributed by atoms with Crippen LogP contribution in [0.15, 0.2) is 45.7 Å². The molecular formula is C24H24N6O7S2. The molecule has 5 rings (SSSR count). The number of hydrogen-bond acceptors (Lipinski definition) is 13. The Balaban J connectivity index is 1.50. The molecule has 15 heteroatoms. The van der Waals surface area contributed by atoms with Gasteiger partial charge in [-0.2, -0.15) is 21.5 Å². The molecule has 1 fully saturated rings. The molecule has 4 heterocycles. The molecule has 0 aliphatic carbocycles. The van der Waals surface area contributed by atoms with E-state index in [2.05, 4.69) is 20.6 Å². The Morgan fingerprint density at radius 3 is 2.62 bits per heavy atom. The number of nitrogens with two attached hydrogens (primary N) is 1. The summed E-state index contributed by atoms with van der Waals surface area (Å²) in [7, 11) is 2.94. The number of nitrogens with zero attached hydrogens (tertiary/aromatic N) is 4. The molecule has 1 aliphatic heterocycles. The van der Waals surface area contributed by atoms with Gasteiger partial charge in [-0.25, -0.2) is 4.79 Å². The van der Waals surface area contributed by atoms with Crippen molar-refractivity contribution in [1.29, 1.82) is 0 Å². The van der Waals surface area contributed by atoms with Crippen molar-refractivity contribution in [3.05, 3.63) is 52.7 Å². The minimum absolute atomic E-state index is 0.0743. The molecule has 0 spiro atoms. The van der Waals surface area contributed by atoms with Crippen LogP contribution in [0.4, 0.5) is 10.9 Å². The second-order valence-electron chi connectivity index (χ2n) is 8.37. The number of nitrogens with one attached hydrogen (secondary N) is 1. The standard InChI is InChI=1S/C24H24N6O7S2/c1-34-15-4-3-5-16(35-2)19(15)13-8-17(37-22(33)20(13)36-9-14(31)12-10-38-11-12)21(32)27-23-28-29-24(39-23)30-18(25)6-7-26-30/h3-8,12,14,31H,9-11,25H2,1-2H3,(H,27,28,32)/t14-/m0/s1. The van der Waals surface area contributed by atoms with Crippen molar-refractivity contribution in [3.8, 4) is 33.5 Å². The van der Waals surface area contributed by atoms with Gasteiger partial charge < -0.3 is 29.5 Å². The van der Waals surface area contributed by atoms with Gasteiger partial charge in [0.1, 0.15) is 23.9 Å². The number of nitrogen functional groups attached to an aromatic ring is 1. The van der Waals surface area contributed by atoms with Crippen LogP contribution in [0.25, 0.3) is 16.3 Å². The number of anilines is 2. The number of carbonyl (C=O) groups excluding carboxylic acids is 1. The number of carbonyl (C=O) groups is 1. The van der Waals surface area contributed by atoms with Crippen LogP contribution < -0.4 is 30.9 Å². The van der Waals surface area contributed by atoms with Crippen LogP contribution in [0, 0.1) is 5.92 Å². The van der Waals surface area contributed by atoms with Crippen molar-refractivity contribution < 1.29 is 28.5 Å². The number of thioether (sulfide) groups is 1. The molecule has 4 N–H and O–H groups in total. The second kappa shape index (κ2) is 11.3. The minimum atomic E-state index is -0.914. The van der Waals surface area contributed by atoms with Gasteiger partial charge in [0, 0.05) is 17.5 Å². The number of hydrogen-bond donors (Lipinski definition) is 3. The normalized spacial score (nSPS) is 13.9. The molecule has 0 bridgehead atoms. The summed E-state index contributed by atoms with van der Waals surface area (Å²) in [4.78, 5) is 26.3. The number of benzene rings is 1. The fourth-order valence-corrected chi connectivity index (χ4v) is 5.47. The lowest BCUT2D eigenvalue weighted by molar-refractivity contribution is 0.0680. The van der Waals surface area contributed by atoms with Crippen molar-refractivity contribution in [3.63, 3.8) is 0 Å². The van der Waals surface area contributed by atoms with Gasteiger partial charge in [0.2, 0.25) is 16.0 Å². The zero-order valence-electron chi connectivity index (χ0n) is 20.8. The van der Waals surface area contributed by atoms with Gasteiger partial charge in [0.25, 0.3) is 5.91 Å². The van der Waals surface area contributed by atoms with Crippen LogP contribution in [0.3, 0.4) is 0 Å². The number of aromatic nitrogens is 4. The summed E-state index contributed by atoms with van der Waals surface area (Å²) in [5, 5.41) is 25.5. The number of amides is 1. The number of rotatable bonds is 10. The predicted molar refractivity (Wildman–Crippen MR) is 145 cm³/mol. The van der Waals surface area contributed by atoms with Gasteiger partial charge >= 0.3 is 5.63 Å². The highest BCUT2D eigenvalue weighted by atomic mass is 32.2. The van der Waals surface area contributed by atoms with Gasteiger partial charge in [-0.15, -0.1) is 10.2 Å². The molecule has 0 unspecified atom stereocenters. The van der Waals surface area contributed by atoms with E-state index < -0.39 is 17.6 Å². The van der Waals surface area contributed by atoms with E-state index in [9.17, 15) is 14.7 Å². The van der Waals surface area contributed by atoms with Crippen molar-refractivity contribution in [2.24, 2.45) is 5.92 Å². The zero-order valence-corrected chi connectivity index (χ0v) is 22.5. The Morgan fingerprint density at radius 2 is 2.00 bits per heavy atom. The van der Waals surface area contributed by atoms with E-state index >= 15 is 0 Å². The molecule has 1 amide bonds. The third-order valence-corrected chi connectivity index (χ3v) is 8.07. The summed E-state index contributed by atoms with van der Waals surface area (Å²) in [6.45, 7) is -0.129. The van der Waals surface area contributed by atoms with E-state index in [1.165, 1.54) is 31.2 Å². The molecule has 39 heavy (non-hydrogen) atoms. The summed E-state index contributed by atoms with van der Waals surface area (Å²) in [6.07, 6.45) is 0.738. The highest BCUT2D eigenvalue weighted by molar-refractivity contribution is 8.00. The third-order valence-electron chi connectivity index (χ3n) is 5.92. The molecule has 3 aromatic heterocycles. The Labute approximate surface area is 229 Å². The average molecular weight is 573 g/mol. The Hall–Kier alpha value is -4.08. The number of ether oxygens (including phenoxy) is 3. The predicted octanol–water partition coefficient (Wildman–Crippen LogP) is 2.30. The molecule has 4 aromatic rings. The van der Waals surface area contributed by atoms with E-state index in [0.29, 0.717) is 28.0 Å². The molecule has 13 nitrogen and oxygen atoms in total. The minimum Gasteiger partial charge on any atom is -0.496 e. The zero-order chi connectivity index (χ0) is 27.5. The molecule has 1 atom stereocenters. The van der Waals surface area contributed by atoms with Gasteiger partial charge in [-0.1, -0.05) is 17.4 Å². The summed E-state index contributed by atoms with van der Waals surface area (Å²) in [6, 6.07) is 8.03. The summed E-state index contributed by atoms with van der Waals surface area (Å²) in [5.74, 6) is 1.53. The quantitative estimate of drug-likeness (QED) is 0.253. The van der Waals surface area contributed by atoms with Crippen molar-refractivity contribution in [2.75, 3.05) is 43.4 Å². The lowest BCUT2D eigenvalue weighted by Crippen LogP contribution is -2.36. The maximum Gasteiger partial charge on any atom is 0.379 e. The number of aliphatic hydroxyl groups is 1. The lowest BCUT2D eigenvalue weighted by Gasteiger charge is -2.29. The van der Waals surface area contributed by atoms with E-state index in [4.69, 9.17) is 24.4 Å². The molecule has 0 radical (unpaired) electrons. The summed E-state index contributed by atoms with van der Waals surface area (Å²) >= 11 is 2.74. The van der Waals surface area contributed by atoms with Crippen LogP contribution in [-0.2, 0) is 0 Å². The fraction of sp³-hybridized carbons (Fsp3) is 0.292. The topological polar surface area (TPSA) is 177 Å². The van der Waals surface area contributed by atoms with Crippen LogP contribution >= 0.6 is 23.1 Å². The first kappa shape index (κ1) is 26.5. The molecule has 0 saturated carbocycles. The first-order valence-electron chi connectivity index (χ1n) is 11.6. The smallest absolute Gasteiger partial charge is 0.379 e. The van der Waals surface area contributed by atoms with E-state index in [1.54, 1.807) is 36.0 Å². The highest BCUT2D eigenvalue weighted by Crippen LogP contribution is 2.42. The Kier molecular flexibility index (Phi) is 7.72. The first-order valence-corrected chi connectivity index (χ1v) is 13.6. The first-order chi connectivity index (χ1) is 18.9. The van der Waals surface area contributed by atoms with Crippen LogP contribution in [-0.4, -0.2) is 69.4 Å². The maximum atomic E-state index is 13.2. The van der Waals surface area contributed by atoms with E-state index in [-0.39, 0.29) is 34.7 Å². The molecule has 204 valence electrons. The lowest BCUT2D eigenvalue weighted by atomic mass is 10.0. The fourth-order valence-electron chi connectivity index (χ4n) is 3.80. The monoisotopic (exact) mass is 572 g/mol. The van der Waals surface area contributed by atoms with Crippen LogP contribution in [0.5, 0.6) is 17.2 Å². The number of methoxy groups -OCH3 is 2. The van der Waals surface area contributed by atoms with Gasteiger partial charge in [0.15, 0.2) is 5.76 Å². The molecule has 1 aliphatic rings. The van der Waals surface area contributed by atoms with Crippen molar-refractivity contribution in [1.82, 2.24) is 20.0 Å². The summed E-state index contributed by atoms with van der Waals surface area (Å²) in [5.41, 5.74) is 5.51. The van der Waals surface area contributed by atoms with Gasteiger partial charge in [-0.05, 0) is 29.7 Å². The SMILES string of the molecule is COc1cccc(OC)c1-c1cc(C(=O)Nc2nnc(-n3nccc3N)s2)oc(=O)c1OC[C@H](O)C1CSC1.